The molecule has 0 N–H and O–H groups in total. The Morgan fingerprint density at radius 1 is 1.41 bits per heavy atom. The molecule has 90 valence electrons. The van der Waals surface area contributed by atoms with Gasteiger partial charge in [0.2, 0.25) is 0 Å². The van der Waals surface area contributed by atoms with Crippen molar-refractivity contribution in [1.29, 1.82) is 5.26 Å². The van der Waals surface area contributed by atoms with Crippen LogP contribution in [0.4, 0.5) is 0 Å². The first-order chi connectivity index (χ1) is 8.33. The van der Waals surface area contributed by atoms with E-state index in [-0.39, 0.29) is 6.10 Å². The fraction of sp³-hybridized carbons (Fsp3) is 0.538. The van der Waals surface area contributed by atoms with Crippen LogP contribution in [0.25, 0.3) is 0 Å². The van der Waals surface area contributed by atoms with Gasteiger partial charge in [-0.05, 0) is 25.7 Å². The molecule has 17 heavy (non-hydrogen) atoms. The van der Waals surface area contributed by atoms with E-state index in [9.17, 15) is 0 Å². The Morgan fingerprint density at radius 2 is 2.18 bits per heavy atom. The van der Waals surface area contributed by atoms with E-state index in [0.29, 0.717) is 17.9 Å². The van der Waals surface area contributed by atoms with Gasteiger partial charge in [-0.3, -0.25) is 4.98 Å². The second-order valence-electron chi connectivity index (χ2n) is 4.19. The summed E-state index contributed by atoms with van der Waals surface area (Å²) in [5, 5.41) is 8.66. The van der Waals surface area contributed by atoms with Crippen LogP contribution in [0.15, 0.2) is 12.3 Å². The van der Waals surface area contributed by atoms with E-state index in [1.807, 2.05) is 0 Å². The summed E-state index contributed by atoms with van der Waals surface area (Å²) in [6.45, 7) is 0. The van der Waals surface area contributed by atoms with Gasteiger partial charge in [0.05, 0.1) is 37.6 Å². The van der Waals surface area contributed by atoms with Crippen molar-refractivity contribution < 1.29 is 9.47 Å². The summed E-state index contributed by atoms with van der Waals surface area (Å²) in [7, 11) is 1.60. The van der Waals surface area contributed by atoms with Gasteiger partial charge in [-0.15, -0.1) is 0 Å². The summed E-state index contributed by atoms with van der Waals surface area (Å²) in [5.74, 6) is 1.35. The summed E-state index contributed by atoms with van der Waals surface area (Å²) in [4.78, 5) is 4.15. The highest BCUT2D eigenvalue weighted by molar-refractivity contribution is 5.39. The summed E-state index contributed by atoms with van der Waals surface area (Å²) in [5.41, 5.74) is 0.723. The van der Waals surface area contributed by atoms with Crippen LogP contribution in [0, 0.1) is 11.3 Å². The molecule has 4 heteroatoms. The van der Waals surface area contributed by atoms with Crippen LogP contribution < -0.4 is 9.47 Å². The van der Waals surface area contributed by atoms with Crippen molar-refractivity contribution in [2.45, 2.75) is 38.2 Å². The molecular weight excluding hydrogens is 216 g/mol. The Bertz CT molecular complexity index is 420. The van der Waals surface area contributed by atoms with Crippen molar-refractivity contribution >= 4 is 0 Å². The summed E-state index contributed by atoms with van der Waals surface area (Å²) < 4.78 is 11.1. The average molecular weight is 232 g/mol. The molecule has 0 radical (unpaired) electrons. The lowest BCUT2D eigenvalue weighted by molar-refractivity contribution is 0.200. The van der Waals surface area contributed by atoms with Crippen molar-refractivity contribution in [3.8, 4) is 17.6 Å². The molecule has 2 rings (SSSR count). The first-order valence-electron chi connectivity index (χ1n) is 5.90. The lowest BCUT2D eigenvalue weighted by Gasteiger charge is -2.15. The Morgan fingerprint density at radius 3 is 2.82 bits per heavy atom. The van der Waals surface area contributed by atoms with Crippen LogP contribution in [0.3, 0.4) is 0 Å². The SMILES string of the molecule is COc1cnc(CC#N)cc1OC1CCCC1. The van der Waals surface area contributed by atoms with Gasteiger partial charge in [-0.1, -0.05) is 0 Å². The van der Waals surface area contributed by atoms with Crippen molar-refractivity contribution in [2.24, 2.45) is 0 Å². The lowest BCUT2D eigenvalue weighted by Crippen LogP contribution is -2.12. The van der Waals surface area contributed by atoms with Gasteiger partial charge in [-0.25, -0.2) is 0 Å². The molecule has 0 aromatic carbocycles. The predicted octanol–water partition coefficient (Wildman–Crippen LogP) is 2.48. The second kappa shape index (κ2) is 5.53. The van der Waals surface area contributed by atoms with Crippen LogP contribution in [0.5, 0.6) is 11.5 Å². The second-order valence-corrected chi connectivity index (χ2v) is 4.19. The largest absolute Gasteiger partial charge is 0.491 e. The molecule has 1 heterocycles. The van der Waals surface area contributed by atoms with Crippen LogP contribution in [0.2, 0.25) is 0 Å². The minimum absolute atomic E-state index is 0.279. The van der Waals surface area contributed by atoms with Crippen LogP contribution in [-0.2, 0) is 6.42 Å². The Kier molecular flexibility index (Phi) is 3.81. The molecule has 0 bridgehead atoms. The summed E-state index contributed by atoms with van der Waals surface area (Å²) in [6, 6.07) is 3.89. The van der Waals surface area contributed by atoms with E-state index >= 15 is 0 Å². The van der Waals surface area contributed by atoms with Crippen molar-refractivity contribution in [3.63, 3.8) is 0 Å². The van der Waals surface area contributed by atoms with E-state index in [0.717, 1.165) is 18.5 Å². The number of rotatable bonds is 4. The van der Waals surface area contributed by atoms with Gasteiger partial charge in [0.15, 0.2) is 11.5 Å². The normalized spacial score (nSPS) is 15.5. The van der Waals surface area contributed by atoms with Gasteiger partial charge in [0.1, 0.15) is 0 Å². The molecule has 1 fully saturated rings. The standard InChI is InChI=1S/C13H16N2O2/c1-16-13-9-15-10(6-7-14)8-12(13)17-11-4-2-3-5-11/h8-9,11H,2-6H2,1H3. The first kappa shape index (κ1) is 11.7. The number of ether oxygens (including phenoxy) is 2. The van der Waals surface area contributed by atoms with Gasteiger partial charge in [-0.2, -0.15) is 5.26 Å². The molecular formula is C13H16N2O2. The first-order valence-corrected chi connectivity index (χ1v) is 5.90. The Balaban J connectivity index is 2.16. The maximum absolute atomic E-state index is 8.66. The van der Waals surface area contributed by atoms with E-state index in [4.69, 9.17) is 14.7 Å². The minimum Gasteiger partial charge on any atom is -0.491 e. The zero-order valence-electron chi connectivity index (χ0n) is 9.98. The molecule has 1 aliphatic carbocycles. The van der Waals surface area contributed by atoms with E-state index < -0.39 is 0 Å². The number of hydrogen-bond donors (Lipinski definition) is 0. The number of aromatic nitrogens is 1. The van der Waals surface area contributed by atoms with Gasteiger partial charge in [0.25, 0.3) is 0 Å². The third kappa shape index (κ3) is 2.88. The number of pyridine rings is 1. The topological polar surface area (TPSA) is 55.1 Å². The van der Waals surface area contributed by atoms with Crippen LogP contribution in [0.1, 0.15) is 31.4 Å². The van der Waals surface area contributed by atoms with Gasteiger partial charge < -0.3 is 9.47 Å². The fourth-order valence-corrected chi connectivity index (χ4v) is 2.07. The van der Waals surface area contributed by atoms with Gasteiger partial charge in [0, 0.05) is 6.07 Å². The summed E-state index contributed by atoms with van der Waals surface area (Å²) >= 11 is 0. The number of nitrogens with zero attached hydrogens (tertiary/aromatic N) is 2. The molecule has 0 aliphatic heterocycles. The number of nitriles is 1. The van der Waals surface area contributed by atoms with Crippen LogP contribution in [-0.4, -0.2) is 18.2 Å². The van der Waals surface area contributed by atoms with E-state index in [1.54, 1.807) is 19.4 Å². The van der Waals surface area contributed by atoms with Crippen molar-refractivity contribution in [2.75, 3.05) is 7.11 Å². The van der Waals surface area contributed by atoms with Crippen molar-refractivity contribution in [3.05, 3.63) is 18.0 Å². The molecule has 1 aromatic rings. The number of hydrogen-bond acceptors (Lipinski definition) is 4. The third-order valence-electron chi connectivity index (χ3n) is 2.96. The fourth-order valence-electron chi connectivity index (χ4n) is 2.07. The smallest absolute Gasteiger partial charge is 0.179 e. The molecule has 0 unspecified atom stereocenters. The molecule has 0 atom stereocenters. The van der Waals surface area contributed by atoms with Gasteiger partial charge >= 0.3 is 0 Å². The highest BCUT2D eigenvalue weighted by Crippen LogP contribution is 2.31. The molecule has 0 saturated heterocycles. The Labute approximate surface area is 101 Å². The zero-order chi connectivity index (χ0) is 12.1. The third-order valence-corrected chi connectivity index (χ3v) is 2.96. The summed E-state index contributed by atoms with van der Waals surface area (Å²) in [6.07, 6.45) is 6.84. The van der Waals surface area contributed by atoms with Crippen LogP contribution >= 0.6 is 0 Å². The zero-order valence-corrected chi connectivity index (χ0v) is 9.98. The van der Waals surface area contributed by atoms with E-state index in [1.165, 1.54) is 12.8 Å². The lowest BCUT2D eigenvalue weighted by atomic mass is 10.2. The molecule has 0 amide bonds. The Hall–Kier alpha value is -1.76. The highest BCUT2D eigenvalue weighted by Gasteiger charge is 2.18. The predicted molar refractivity (Wildman–Crippen MR) is 63.0 cm³/mol. The van der Waals surface area contributed by atoms with Crippen molar-refractivity contribution in [1.82, 2.24) is 4.98 Å². The maximum Gasteiger partial charge on any atom is 0.179 e. The average Bonchev–Trinajstić information content (AvgIpc) is 2.83. The maximum atomic E-state index is 8.66. The quantitative estimate of drug-likeness (QED) is 0.800. The highest BCUT2D eigenvalue weighted by atomic mass is 16.5. The number of methoxy groups -OCH3 is 1. The molecule has 1 saturated carbocycles. The minimum atomic E-state index is 0.279. The molecule has 1 aromatic heterocycles. The molecule has 0 spiro atoms. The molecule has 4 nitrogen and oxygen atoms in total. The monoisotopic (exact) mass is 232 g/mol. The molecule has 1 aliphatic rings. The van der Waals surface area contributed by atoms with E-state index in [2.05, 4.69) is 11.1 Å².